The summed E-state index contributed by atoms with van der Waals surface area (Å²) in [6.45, 7) is 4.10. The second-order valence-corrected chi connectivity index (χ2v) is 4.41. The van der Waals surface area contributed by atoms with Crippen molar-refractivity contribution in [3.8, 4) is 0 Å². The van der Waals surface area contributed by atoms with Gasteiger partial charge in [-0.15, -0.1) is 11.6 Å². The van der Waals surface area contributed by atoms with Crippen molar-refractivity contribution < 1.29 is 4.39 Å². The predicted molar refractivity (Wildman–Crippen MR) is 64.9 cm³/mol. The average molecular weight is 247 g/mol. The summed E-state index contributed by atoms with van der Waals surface area (Å²) in [5.74, 6) is 0.474. The van der Waals surface area contributed by atoms with Gasteiger partial charge in [-0.3, -0.25) is 0 Å². The summed E-state index contributed by atoms with van der Waals surface area (Å²) in [7, 11) is 0. The van der Waals surface area contributed by atoms with Gasteiger partial charge in [-0.25, -0.2) is 4.39 Å². The molecule has 0 N–H and O–H groups in total. The third kappa shape index (κ3) is 3.84. The molecule has 0 bridgehead atoms. The summed E-state index contributed by atoms with van der Waals surface area (Å²) in [5.41, 5.74) is 1.82. The van der Waals surface area contributed by atoms with Gasteiger partial charge < -0.3 is 0 Å². The molecule has 15 heavy (non-hydrogen) atoms. The van der Waals surface area contributed by atoms with E-state index in [0.717, 1.165) is 11.1 Å². The van der Waals surface area contributed by atoms with E-state index in [9.17, 15) is 4.39 Å². The fourth-order valence-electron chi connectivity index (χ4n) is 1.23. The molecule has 0 saturated heterocycles. The molecule has 0 unspecified atom stereocenters. The predicted octanol–water partition coefficient (Wildman–Crippen LogP) is 4.76. The Labute approximate surface area is 99.7 Å². The monoisotopic (exact) mass is 246 g/mol. The van der Waals surface area contributed by atoms with Crippen LogP contribution >= 0.6 is 23.2 Å². The summed E-state index contributed by atoms with van der Waals surface area (Å²) in [5, 5.41) is 0.402. The van der Waals surface area contributed by atoms with Gasteiger partial charge in [-0.2, -0.15) is 0 Å². The second kappa shape index (κ2) is 5.53. The second-order valence-electron chi connectivity index (χ2n) is 3.71. The highest BCUT2D eigenvalue weighted by Gasteiger charge is 2.03. The lowest BCUT2D eigenvalue weighted by Crippen LogP contribution is -1.95. The Kier molecular flexibility index (Phi) is 4.62. The maximum absolute atomic E-state index is 13.0. The third-order valence-electron chi connectivity index (χ3n) is 2.13. The zero-order chi connectivity index (χ0) is 11.4. The van der Waals surface area contributed by atoms with Crippen LogP contribution in [0.2, 0.25) is 5.02 Å². The van der Waals surface area contributed by atoms with E-state index in [-0.39, 0.29) is 5.82 Å². The Balaban J connectivity index is 3.05. The Morgan fingerprint density at radius 2 is 2.07 bits per heavy atom. The minimum atomic E-state index is -0.327. The summed E-state index contributed by atoms with van der Waals surface area (Å²) in [6.07, 6.45) is 1.88. The van der Waals surface area contributed by atoms with Crippen molar-refractivity contribution in [2.75, 3.05) is 5.88 Å². The van der Waals surface area contributed by atoms with Gasteiger partial charge in [0.15, 0.2) is 0 Å². The quantitative estimate of drug-likeness (QED) is 0.675. The SMILES string of the molecule is CC(C)/C(=C/c1cc(F)cc(Cl)c1)CCl. The highest BCUT2D eigenvalue weighted by molar-refractivity contribution is 6.30. The highest BCUT2D eigenvalue weighted by atomic mass is 35.5. The first-order valence-electron chi connectivity index (χ1n) is 4.75. The van der Waals surface area contributed by atoms with E-state index in [2.05, 4.69) is 13.8 Å². The third-order valence-corrected chi connectivity index (χ3v) is 2.66. The van der Waals surface area contributed by atoms with Crippen LogP contribution in [0, 0.1) is 11.7 Å². The number of halogens is 3. The number of alkyl halides is 1. The molecule has 1 rings (SSSR count). The molecule has 0 amide bonds. The number of allylic oxidation sites excluding steroid dienone is 1. The first-order valence-corrected chi connectivity index (χ1v) is 5.66. The van der Waals surface area contributed by atoms with Crippen LogP contribution in [0.15, 0.2) is 23.8 Å². The summed E-state index contributed by atoms with van der Waals surface area (Å²) in [4.78, 5) is 0. The lowest BCUT2D eigenvalue weighted by Gasteiger charge is -2.07. The molecule has 0 spiro atoms. The van der Waals surface area contributed by atoms with Crippen molar-refractivity contribution in [3.05, 3.63) is 40.2 Å². The van der Waals surface area contributed by atoms with Crippen molar-refractivity contribution in [1.82, 2.24) is 0 Å². The van der Waals surface area contributed by atoms with Gasteiger partial charge in [0, 0.05) is 10.9 Å². The maximum Gasteiger partial charge on any atom is 0.125 e. The molecule has 0 aliphatic rings. The Bertz CT molecular complexity index is 350. The zero-order valence-electron chi connectivity index (χ0n) is 8.73. The summed E-state index contributed by atoms with van der Waals surface area (Å²) >= 11 is 11.6. The first-order chi connectivity index (χ1) is 7.02. The zero-order valence-corrected chi connectivity index (χ0v) is 10.2. The van der Waals surface area contributed by atoms with E-state index in [1.807, 2.05) is 6.08 Å². The summed E-state index contributed by atoms with van der Waals surface area (Å²) in [6, 6.07) is 4.45. The van der Waals surface area contributed by atoms with Gasteiger partial charge in [0.2, 0.25) is 0 Å². The van der Waals surface area contributed by atoms with E-state index in [0.29, 0.717) is 16.8 Å². The van der Waals surface area contributed by atoms with Crippen LogP contribution in [0.5, 0.6) is 0 Å². The molecule has 3 heteroatoms. The number of rotatable bonds is 3. The van der Waals surface area contributed by atoms with Crippen LogP contribution in [0.1, 0.15) is 19.4 Å². The van der Waals surface area contributed by atoms with Crippen molar-refractivity contribution >= 4 is 29.3 Å². The Morgan fingerprint density at radius 3 is 2.53 bits per heavy atom. The van der Waals surface area contributed by atoms with Gasteiger partial charge in [0.25, 0.3) is 0 Å². The molecule has 1 aromatic rings. The molecule has 0 fully saturated rings. The average Bonchev–Trinajstić information content (AvgIpc) is 2.12. The van der Waals surface area contributed by atoms with Gasteiger partial charge in [-0.05, 0) is 29.7 Å². The van der Waals surface area contributed by atoms with Crippen LogP contribution in [-0.4, -0.2) is 5.88 Å². The Hall–Kier alpha value is -0.530. The van der Waals surface area contributed by atoms with E-state index in [4.69, 9.17) is 23.2 Å². The van der Waals surface area contributed by atoms with Gasteiger partial charge in [0.1, 0.15) is 5.82 Å². The van der Waals surface area contributed by atoms with Gasteiger partial charge in [-0.1, -0.05) is 37.1 Å². The van der Waals surface area contributed by atoms with Crippen molar-refractivity contribution in [2.45, 2.75) is 13.8 Å². The topological polar surface area (TPSA) is 0 Å². The van der Waals surface area contributed by atoms with Gasteiger partial charge >= 0.3 is 0 Å². The number of benzene rings is 1. The number of hydrogen-bond acceptors (Lipinski definition) is 0. The maximum atomic E-state index is 13.0. The standard InChI is InChI=1S/C12H13Cl2F/c1-8(2)10(7-13)3-9-4-11(14)6-12(15)5-9/h3-6,8H,7H2,1-2H3/b10-3+. The minimum Gasteiger partial charge on any atom is -0.207 e. The normalized spacial score (nSPS) is 12.3. The molecule has 0 saturated carbocycles. The lowest BCUT2D eigenvalue weighted by atomic mass is 10.0. The molecule has 0 nitrogen and oxygen atoms in total. The molecule has 1 aromatic carbocycles. The van der Waals surface area contributed by atoms with Crippen LogP contribution in [0.3, 0.4) is 0 Å². The van der Waals surface area contributed by atoms with Crippen molar-refractivity contribution in [1.29, 1.82) is 0 Å². The fourth-order valence-corrected chi connectivity index (χ4v) is 1.85. The van der Waals surface area contributed by atoms with E-state index >= 15 is 0 Å². The molecule has 0 heterocycles. The van der Waals surface area contributed by atoms with Crippen LogP contribution in [-0.2, 0) is 0 Å². The largest absolute Gasteiger partial charge is 0.207 e. The first kappa shape index (κ1) is 12.5. The van der Waals surface area contributed by atoms with Crippen molar-refractivity contribution in [2.24, 2.45) is 5.92 Å². The molecule has 82 valence electrons. The molecule has 0 aromatic heterocycles. The molecular formula is C12H13Cl2F. The van der Waals surface area contributed by atoms with E-state index < -0.39 is 0 Å². The minimum absolute atomic E-state index is 0.327. The fraction of sp³-hybridized carbons (Fsp3) is 0.333. The Morgan fingerprint density at radius 1 is 1.40 bits per heavy atom. The molecule has 0 aliphatic heterocycles. The van der Waals surface area contributed by atoms with E-state index in [1.54, 1.807) is 6.07 Å². The molecule has 0 aliphatic carbocycles. The van der Waals surface area contributed by atoms with Crippen LogP contribution in [0.4, 0.5) is 4.39 Å². The summed E-state index contributed by atoms with van der Waals surface area (Å²) < 4.78 is 13.0. The van der Waals surface area contributed by atoms with E-state index in [1.165, 1.54) is 12.1 Å². The van der Waals surface area contributed by atoms with Gasteiger partial charge in [0.05, 0.1) is 0 Å². The molecular weight excluding hydrogens is 234 g/mol. The van der Waals surface area contributed by atoms with Crippen molar-refractivity contribution in [3.63, 3.8) is 0 Å². The van der Waals surface area contributed by atoms with Crippen LogP contribution in [0.25, 0.3) is 6.08 Å². The molecule has 0 atom stereocenters. The molecule has 0 radical (unpaired) electrons. The highest BCUT2D eigenvalue weighted by Crippen LogP contribution is 2.20. The van der Waals surface area contributed by atoms with Crippen LogP contribution < -0.4 is 0 Å². The lowest BCUT2D eigenvalue weighted by molar-refractivity contribution is 0.627. The number of hydrogen-bond donors (Lipinski definition) is 0. The smallest absolute Gasteiger partial charge is 0.125 e.